The summed E-state index contributed by atoms with van der Waals surface area (Å²) in [4.78, 5) is 25.6. The summed E-state index contributed by atoms with van der Waals surface area (Å²) < 4.78 is 5.61. The first-order valence-electron chi connectivity index (χ1n) is 6.97. The van der Waals surface area contributed by atoms with Crippen LogP contribution in [-0.4, -0.2) is 35.9 Å². The second kappa shape index (κ2) is 6.43. The number of ether oxygens (including phenoxy) is 1. The Hall–Kier alpha value is -2.30. The van der Waals surface area contributed by atoms with E-state index in [2.05, 4.69) is 6.58 Å². The van der Waals surface area contributed by atoms with Crippen LogP contribution in [0.1, 0.15) is 30.1 Å². The Labute approximate surface area is 124 Å². The number of rotatable bonds is 5. The molecule has 1 saturated heterocycles. The molecule has 0 radical (unpaired) electrons. The maximum Gasteiger partial charge on any atom is 0.258 e. The van der Waals surface area contributed by atoms with Crippen LogP contribution in [0.5, 0.6) is 5.75 Å². The van der Waals surface area contributed by atoms with Gasteiger partial charge < -0.3 is 15.4 Å². The van der Waals surface area contributed by atoms with Crippen LogP contribution in [0.3, 0.4) is 0 Å². The number of benzene rings is 1. The van der Waals surface area contributed by atoms with Gasteiger partial charge >= 0.3 is 0 Å². The van der Waals surface area contributed by atoms with Gasteiger partial charge in [0.1, 0.15) is 18.4 Å². The molecule has 2 rings (SSSR count). The Morgan fingerprint density at radius 3 is 2.81 bits per heavy atom. The Kier molecular flexibility index (Phi) is 4.62. The molecule has 5 heteroatoms. The molecule has 0 aromatic heterocycles. The summed E-state index contributed by atoms with van der Waals surface area (Å²) in [6, 6.07) is 6.50. The summed E-state index contributed by atoms with van der Waals surface area (Å²) in [5, 5.41) is 0. The van der Waals surface area contributed by atoms with Crippen molar-refractivity contribution in [3.8, 4) is 5.75 Å². The highest BCUT2D eigenvalue weighted by Gasteiger charge is 2.34. The molecule has 1 fully saturated rings. The number of likely N-dealkylation sites (tertiary alicyclic amines) is 1. The van der Waals surface area contributed by atoms with Crippen LogP contribution >= 0.6 is 0 Å². The van der Waals surface area contributed by atoms with E-state index in [1.807, 2.05) is 6.92 Å². The van der Waals surface area contributed by atoms with E-state index in [-0.39, 0.29) is 5.91 Å². The highest BCUT2D eigenvalue weighted by Crippen LogP contribution is 2.25. The van der Waals surface area contributed by atoms with E-state index in [4.69, 9.17) is 10.5 Å². The number of nitrogens with zero attached hydrogens (tertiary/aromatic N) is 1. The molecule has 0 unspecified atom stereocenters. The van der Waals surface area contributed by atoms with Gasteiger partial charge in [-0.25, -0.2) is 0 Å². The number of nitrogens with two attached hydrogens (primary N) is 1. The molecule has 2 N–H and O–H groups in total. The predicted octanol–water partition coefficient (Wildman–Crippen LogP) is 1.73. The number of carbonyl (C=O) groups excluding carboxylic acids is 2. The molecule has 2 amide bonds. The summed E-state index contributed by atoms with van der Waals surface area (Å²) in [5.41, 5.74) is 6.68. The van der Waals surface area contributed by atoms with Gasteiger partial charge in [-0.05, 0) is 37.5 Å². The molecule has 112 valence electrons. The zero-order chi connectivity index (χ0) is 15.4. The fourth-order valence-electron chi connectivity index (χ4n) is 2.43. The minimum absolute atomic E-state index is 0.214. The molecule has 1 aromatic carbocycles. The summed E-state index contributed by atoms with van der Waals surface area (Å²) in [7, 11) is 0. The van der Waals surface area contributed by atoms with Crippen LogP contribution in [0.15, 0.2) is 36.4 Å². The minimum atomic E-state index is -0.522. The lowest BCUT2D eigenvalue weighted by atomic mass is 10.1. The molecule has 0 aliphatic carbocycles. The molecule has 5 nitrogen and oxygen atoms in total. The fourth-order valence-corrected chi connectivity index (χ4v) is 2.43. The van der Waals surface area contributed by atoms with Crippen molar-refractivity contribution in [2.24, 2.45) is 5.73 Å². The molecule has 1 heterocycles. The first-order chi connectivity index (χ1) is 10.0. The van der Waals surface area contributed by atoms with Crippen molar-refractivity contribution in [1.82, 2.24) is 4.90 Å². The summed E-state index contributed by atoms with van der Waals surface area (Å²) >= 11 is 0. The minimum Gasteiger partial charge on any atom is -0.488 e. The maximum absolute atomic E-state index is 12.6. The van der Waals surface area contributed by atoms with Gasteiger partial charge in [0.25, 0.3) is 5.91 Å². The van der Waals surface area contributed by atoms with E-state index in [1.165, 1.54) is 4.90 Å². The third kappa shape index (κ3) is 3.42. The third-order valence-corrected chi connectivity index (χ3v) is 3.43. The highest BCUT2D eigenvalue weighted by molar-refractivity contribution is 5.99. The largest absolute Gasteiger partial charge is 0.488 e. The molecule has 1 aliphatic heterocycles. The number of primary amides is 1. The van der Waals surface area contributed by atoms with E-state index in [1.54, 1.807) is 24.3 Å². The molecular weight excluding hydrogens is 268 g/mol. The van der Waals surface area contributed by atoms with Crippen LogP contribution in [0.4, 0.5) is 0 Å². The third-order valence-electron chi connectivity index (χ3n) is 3.43. The maximum atomic E-state index is 12.6. The molecule has 0 saturated carbocycles. The average molecular weight is 288 g/mol. The topological polar surface area (TPSA) is 72.6 Å². The first kappa shape index (κ1) is 15.1. The molecule has 1 atom stereocenters. The van der Waals surface area contributed by atoms with E-state index in [9.17, 15) is 9.59 Å². The van der Waals surface area contributed by atoms with Crippen molar-refractivity contribution >= 4 is 11.8 Å². The summed E-state index contributed by atoms with van der Waals surface area (Å²) in [5.74, 6) is -0.171. The van der Waals surface area contributed by atoms with Gasteiger partial charge in [-0.2, -0.15) is 0 Å². The second-order valence-electron chi connectivity index (χ2n) is 5.30. The summed E-state index contributed by atoms with van der Waals surface area (Å²) in [6.07, 6.45) is 1.41. The first-order valence-corrected chi connectivity index (χ1v) is 6.97. The predicted molar refractivity (Wildman–Crippen MR) is 80.0 cm³/mol. The van der Waals surface area contributed by atoms with Crippen molar-refractivity contribution in [2.75, 3.05) is 13.2 Å². The SMILES string of the molecule is C=C(C)COc1ccccc1C(=O)N1CCC[C@H]1C(N)=O. The Balaban J connectivity index is 2.22. The van der Waals surface area contributed by atoms with Crippen LogP contribution in [0.2, 0.25) is 0 Å². The van der Waals surface area contributed by atoms with Crippen LogP contribution in [-0.2, 0) is 4.79 Å². The smallest absolute Gasteiger partial charge is 0.258 e. The molecule has 0 bridgehead atoms. The second-order valence-corrected chi connectivity index (χ2v) is 5.30. The molecule has 1 aromatic rings. The lowest BCUT2D eigenvalue weighted by molar-refractivity contribution is -0.121. The zero-order valence-electron chi connectivity index (χ0n) is 12.2. The number of carbonyl (C=O) groups is 2. The van der Waals surface area contributed by atoms with Gasteiger partial charge in [0.05, 0.1) is 5.56 Å². The zero-order valence-corrected chi connectivity index (χ0v) is 12.2. The molecule has 21 heavy (non-hydrogen) atoms. The quantitative estimate of drug-likeness (QED) is 0.839. The Morgan fingerprint density at radius 2 is 2.14 bits per heavy atom. The lowest BCUT2D eigenvalue weighted by Crippen LogP contribution is -2.43. The van der Waals surface area contributed by atoms with Crippen molar-refractivity contribution in [1.29, 1.82) is 0 Å². The van der Waals surface area contributed by atoms with Crippen molar-refractivity contribution in [2.45, 2.75) is 25.8 Å². The van der Waals surface area contributed by atoms with Crippen LogP contribution < -0.4 is 10.5 Å². The lowest BCUT2D eigenvalue weighted by Gasteiger charge is -2.23. The summed E-state index contributed by atoms with van der Waals surface area (Å²) in [6.45, 7) is 6.52. The monoisotopic (exact) mass is 288 g/mol. The highest BCUT2D eigenvalue weighted by atomic mass is 16.5. The molecule has 0 spiro atoms. The van der Waals surface area contributed by atoms with Gasteiger partial charge in [-0.15, -0.1) is 0 Å². The van der Waals surface area contributed by atoms with Crippen molar-refractivity contribution in [3.63, 3.8) is 0 Å². The number of hydrogen-bond donors (Lipinski definition) is 1. The van der Waals surface area contributed by atoms with E-state index >= 15 is 0 Å². The van der Waals surface area contributed by atoms with Gasteiger partial charge in [0, 0.05) is 6.54 Å². The Bertz CT molecular complexity index is 568. The fraction of sp³-hybridized carbons (Fsp3) is 0.375. The normalized spacial score (nSPS) is 17.6. The van der Waals surface area contributed by atoms with Crippen molar-refractivity contribution < 1.29 is 14.3 Å². The van der Waals surface area contributed by atoms with E-state index in [0.29, 0.717) is 30.9 Å². The van der Waals surface area contributed by atoms with Crippen molar-refractivity contribution in [3.05, 3.63) is 42.0 Å². The average Bonchev–Trinajstić information content (AvgIpc) is 2.94. The van der Waals surface area contributed by atoms with Gasteiger partial charge in [-0.1, -0.05) is 18.7 Å². The van der Waals surface area contributed by atoms with E-state index < -0.39 is 11.9 Å². The van der Waals surface area contributed by atoms with Crippen LogP contribution in [0.25, 0.3) is 0 Å². The standard InChI is InChI=1S/C16H20N2O3/c1-11(2)10-21-14-8-4-3-6-12(14)16(20)18-9-5-7-13(18)15(17)19/h3-4,6,8,13H,1,5,7,9-10H2,2H3,(H2,17,19)/t13-/m0/s1. The van der Waals surface area contributed by atoms with E-state index in [0.717, 1.165) is 12.0 Å². The Morgan fingerprint density at radius 1 is 1.43 bits per heavy atom. The number of amides is 2. The van der Waals surface area contributed by atoms with Gasteiger partial charge in [0.2, 0.25) is 5.91 Å². The number of hydrogen-bond acceptors (Lipinski definition) is 3. The molecular formula is C16H20N2O3. The van der Waals surface area contributed by atoms with Crippen LogP contribution in [0, 0.1) is 0 Å². The van der Waals surface area contributed by atoms with Gasteiger partial charge in [-0.3, -0.25) is 9.59 Å². The van der Waals surface area contributed by atoms with Gasteiger partial charge in [0.15, 0.2) is 0 Å². The number of para-hydroxylation sites is 1. The molecule has 1 aliphatic rings.